The first kappa shape index (κ1) is 11.6. The Morgan fingerprint density at radius 2 is 2.29 bits per heavy atom. The Morgan fingerprint density at radius 1 is 1.59 bits per heavy atom. The average Bonchev–Trinajstić information content (AvgIpc) is 2.66. The van der Waals surface area contributed by atoms with Crippen molar-refractivity contribution in [1.82, 2.24) is 15.3 Å². The molecule has 0 radical (unpaired) electrons. The third kappa shape index (κ3) is 1.90. The molecule has 1 saturated carbocycles. The second kappa shape index (κ2) is 4.20. The first-order valence-corrected chi connectivity index (χ1v) is 5.60. The third-order valence-corrected chi connectivity index (χ3v) is 3.33. The zero-order valence-electron chi connectivity index (χ0n) is 9.56. The van der Waals surface area contributed by atoms with Crippen LogP contribution < -0.4 is 5.32 Å². The quantitative estimate of drug-likeness (QED) is 0.676. The molecule has 1 aromatic rings. The van der Waals surface area contributed by atoms with Crippen LogP contribution in [0.15, 0.2) is 12.4 Å². The Morgan fingerprint density at radius 3 is 2.71 bits per heavy atom. The van der Waals surface area contributed by atoms with Crippen LogP contribution in [0.1, 0.15) is 38.1 Å². The van der Waals surface area contributed by atoms with Gasteiger partial charge in [-0.05, 0) is 19.8 Å². The molecule has 1 aliphatic rings. The summed E-state index contributed by atoms with van der Waals surface area (Å²) in [4.78, 5) is 30.0. The minimum atomic E-state index is -1.22. The Hall–Kier alpha value is -1.85. The van der Waals surface area contributed by atoms with Gasteiger partial charge in [0.2, 0.25) is 5.91 Å². The van der Waals surface area contributed by atoms with Crippen molar-refractivity contribution >= 4 is 11.9 Å². The molecule has 2 rings (SSSR count). The van der Waals surface area contributed by atoms with Crippen LogP contribution >= 0.6 is 0 Å². The standard InChI is InChI=1S/C11H15N3O3/c1-7(8-12-5-6-13-8)14-9(15)11(10(16)17)3-2-4-11/h5-7H,2-4H2,1H3,(H,12,13)(H,14,15)(H,16,17). The van der Waals surface area contributed by atoms with Crippen molar-refractivity contribution < 1.29 is 14.7 Å². The van der Waals surface area contributed by atoms with Crippen LogP contribution in [0.25, 0.3) is 0 Å². The minimum absolute atomic E-state index is 0.311. The number of carboxylic acids is 1. The van der Waals surface area contributed by atoms with E-state index in [1.54, 1.807) is 19.3 Å². The molecule has 1 aromatic heterocycles. The molecule has 0 spiro atoms. The van der Waals surface area contributed by atoms with Crippen molar-refractivity contribution in [2.75, 3.05) is 0 Å². The van der Waals surface area contributed by atoms with E-state index in [0.717, 1.165) is 6.42 Å². The molecular weight excluding hydrogens is 222 g/mol. The monoisotopic (exact) mass is 237 g/mol. The molecule has 1 heterocycles. The summed E-state index contributed by atoms with van der Waals surface area (Å²) in [5.41, 5.74) is -1.22. The largest absolute Gasteiger partial charge is 0.480 e. The number of hydrogen-bond acceptors (Lipinski definition) is 3. The number of aromatic amines is 1. The molecule has 1 unspecified atom stereocenters. The predicted molar refractivity (Wildman–Crippen MR) is 59.1 cm³/mol. The molecule has 0 saturated heterocycles. The maximum Gasteiger partial charge on any atom is 0.319 e. The average molecular weight is 237 g/mol. The topological polar surface area (TPSA) is 95.1 Å². The first-order valence-electron chi connectivity index (χ1n) is 5.60. The normalized spacial score (nSPS) is 19.1. The SMILES string of the molecule is CC(NC(=O)C1(C(=O)O)CCC1)c1ncc[nH]1. The van der Waals surface area contributed by atoms with Crippen molar-refractivity contribution in [3.8, 4) is 0 Å². The van der Waals surface area contributed by atoms with E-state index in [9.17, 15) is 9.59 Å². The third-order valence-electron chi connectivity index (χ3n) is 3.33. The number of carboxylic acid groups (broad SMARTS) is 1. The summed E-state index contributed by atoms with van der Waals surface area (Å²) in [5.74, 6) is -0.828. The van der Waals surface area contributed by atoms with Crippen molar-refractivity contribution in [1.29, 1.82) is 0 Å². The van der Waals surface area contributed by atoms with Crippen LogP contribution in [-0.4, -0.2) is 27.0 Å². The number of hydrogen-bond donors (Lipinski definition) is 3. The van der Waals surface area contributed by atoms with E-state index in [2.05, 4.69) is 15.3 Å². The van der Waals surface area contributed by atoms with Crippen LogP contribution in [0.4, 0.5) is 0 Å². The number of rotatable bonds is 4. The van der Waals surface area contributed by atoms with E-state index in [-0.39, 0.29) is 6.04 Å². The molecule has 92 valence electrons. The Kier molecular flexibility index (Phi) is 2.87. The van der Waals surface area contributed by atoms with Crippen LogP contribution in [-0.2, 0) is 9.59 Å². The zero-order valence-corrected chi connectivity index (χ0v) is 9.56. The van der Waals surface area contributed by atoms with E-state index >= 15 is 0 Å². The highest BCUT2D eigenvalue weighted by Crippen LogP contribution is 2.41. The molecule has 1 aliphatic carbocycles. The fraction of sp³-hybridized carbons (Fsp3) is 0.545. The summed E-state index contributed by atoms with van der Waals surface area (Å²) < 4.78 is 0. The van der Waals surface area contributed by atoms with Gasteiger partial charge in [0.05, 0.1) is 6.04 Å². The van der Waals surface area contributed by atoms with Gasteiger partial charge in [-0.15, -0.1) is 0 Å². The van der Waals surface area contributed by atoms with Gasteiger partial charge in [-0.2, -0.15) is 0 Å². The van der Waals surface area contributed by atoms with E-state index in [0.29, 0.717) is 18.7 Å². The second-order valence-corrected chi connectivity index (χ2v) is 4.41. The maximum atomic E-state index is 12.0. The van der Waals surface area contributed by atoms with Gasteiger partial charge in [-0.3, -0.25) is 9.59 Å². The summed E-state index contributed by atoms with van der Waals surface area (Å²) >= 11 is 0. The Labute approximate surface area is 98.4 Å². The summed E-state index contributed by atoms with van der Waals surface area (Å²) in [7, 11) is 0. The van der Waals surface area contributed by atoms with Crippen LogP contribution in [0, 0.1) is 5.41 Å². The lowest BCUT2D eigenvalue weighted by Crippen LogP contribution is -2.51. The fourth-order valence-corrected chi connectivity index (χ4v) is 1.99. The highest BCUT2D eigenvalue weighted by Gasteiger charge is 2.51. The van der Waals surface area contributed by atoms with E-state index in [4.69, 9.17) is 5.11 Å². The van der Waals surface area contributed by atoms with Gasteiger partial charge in [0.1, 0.15) is 11.2 Å². The van der Waals surface area contributed by atoms with Crippen molar-refractivity contribution in [3.63, 3.8) is 0 Å². The number of aliphatic carboxylic acids is 1. The second-order valence-electron chi connectivity index (χ2n) is 4.41. The molecule has 1 fully saturated rings. The molecule has 0 aliphatic heterocycles. The lowest BCUT2D eigenvalue weighted by atomic mass is 9.68. The van der Waals surface area contributed by atoms with E-state index < -0.39 is 17.3 Å². The van der Waals surface area contributed by atoms with E-state index in [1.807, 2.05) is 0 Å². The van der Waals surface area contributed by atoms with Gasteiger partial charge in [-0.25, -0.2) is 4.98 Å². The smallest absolute Gasteiger partial charge is 0.319 e. The number of nitrogens with one attached hydrogen (secondary N) is 2. The van der Waals surface area contributed by atoms with Gasteiger partial charge >= 0.3 is 5.97 Å². The van der Waals surface area contributed by atoms with E-state index in [1.165, 1.54) is 0 Å². The molecule has 1 amide bonds. The highest BCUT2D eigenvalue weighted by atomic mass is 16.4. The first-order chi connectivity index (χ1) is 8.06. The van der Waals surface area contributed by atoms with Crippen molar-refractivity contribution in [2.24, 2.45) is 5.41 Å². The summed E-state index contributed by atoms with van der Waals surface area (Å²) in [6.45, 7) is 1.77. The number of carbonyl (C=O) groups excluding carboxylic acids is 1. The molecule has 1 atom stereocenters. The fourth-order valence-electron chi connectivity index (χ4n) is 1.99. The number of amides is 1. The number of imidazole rings is 1. The molecule has 3 N–H and O–H groups in total. The predicted octanol–water partition coefficient (Wildman–Crippen LogP) is 0.842. The van der Waals surface area contributed by atoms with Crippen LogP contribution in [0.5, 0.6) is 0 Å². The lowest BCUT2D eigenvalue weighted by Gasteiger charge is -2.36. The maximum absolute atomic E-state index is 12.0. The highest BCUT2D eigenvalue weighted by molar-refractivity contribution is 6.02. The number of nitrogens with zero attached hydrogens (tertiary/aromatic N) is 1. The van der Waals surface area contributed by atoms with Gasteiger partial charge in [0, 0.05) is 12.4 Å². The lowest BCUT2D eigenvalue weighted by molar-refractivity contribution is -0.162. The molecule has 6 nitrogen and oxygen atoms in total. The van der Waals surface area contributed by atoms with Crippen molar-refractivity contribution in [3.05, 3.63) is 18.2 Å². The molecule has 17 heavy (non-hydrogen) atoms. The number of H-pyrrole nitrogens is 1. The van der Waals surface area contributed by atoms with Crippen LogP contribution in [0.2, 0.25) is 0 Å². The molecule has 0 aromatic carbocycles. The number of aromatic nitrogens is 2. The Balaban J connectivity index is 2.04. The van der Waals surface area contributed by atoms with Gasteiger partial charge in [0.15, 0.2) is 0 Å². The summed E-state index contributed by atoms with van der Waals surface area (Å²) in [6.07, 6.45) is 4.87. The zero-order chi connectivity index (χ0) is 12.5. The van der Waals surface area contributed by atoms with Crippen LogP contribution in [0.3, 0.4) is 0 Å². The van der Waals surface area contributed by atoms with Gasteiger partial charge in [0.25, 0.3) is 0 Å². The summed E-state index contributed by atoms with van der Waals surface area (Å²) in [5, 5.41) is 11.8. The molecular formula is C11H15N3O3. The molecule has 0 bridgehead atoms. The Bertz CT molecular complexity index is 423. The minimum Gasteiger partial charge on any atom is -0.480 e. The van der Waals surface area contributed by atoms with Crippen molar-refractivity contribution in [2.45, 2.75) is 32.2 Å². The summed E-state index contributed by atoms with van der Waals surface area (Å²) in [6, 6.07) is -0.311. The number of carbonyl (C=O) groups is 2. The van der Waals surface area contributed by atoms with Gasteiger partial charge in [-0.1, -0.05) is 6.42 Å². The van der Waals surface area contributed by atoms with Gasteiger partial charge < -0.3 is 15.4 Å². The molecule has 6 heteroatoms.